The van der Waals surface area contributed by atoms with Crippen molar-refractivity contribution in [3.63, 3.8) is 0 Å². The first kappa shape index (κ1) is 23.1. The number of aryl methyl sites for hydroxylation is 1. The molecule has 1 aromatic heterocycles. The van der Waals surface area contributed by atoms with E-state index in [0.717, 1.165) is 37.3 Å². The molecule has 1 aromatic rings. The lowest BCUT2D eigenvalue weighted by molar-refractivity contribution is -0.163. The van der Waals surface area contributed by atoms with Gasteiger partial charge in [0.05, 0.1) is 24.4 Å². The number of thioether (sulfide) groups is 1. The molecule has 2 saturated heterocycles. The van der Waals surface area contributed by atoms with Crippen LogP contribution in [0, 0.1) is 11.8 Å². The summed E-state index contributed by atoms with van der Waals surface area (Å²) in [5.74, 6) is -1.90. The highest BCUT2D eigenvalue weighted by Gasteiger charge is 2.60. The van der Waals surface area contributed by atoms with Crippen LogP contribution in [0.2, 0.25) is 0 Å². The monoisotopic (exact) mass is 456 g/mol. The van der Waals surface area contributed by atoms with E-state index in [1.807, 2.05) is 19.4 Å². The van der Waals surface area contributed by atoms with Crippen molar-refractivity contribution in [3.05, 3.63) is 29.3 Å². The third-order valence-corrected chi connectivity index (χ3v) is 7.83. The first-order valence-electron chi connectivity index (χ1n) is 10.2. The van der Waals surface area contributed by atoms with E-state index in [0.29, 0.717) is 11.3 Å². The molecular formula is C20H29ClN4O4S. The maximum absolute atomic E-state index is 12.4. The summed E-state index contributed by atoms with van der Waals surface area (Å²) in [5.41, 5.74) is 0.123. The first-order valence-corrected chi connectivity index (χ1v) is 11.1. The standard InChI is InChI=1S/C20H28N4O4S.ClH/c1-11-16-15(12(2)25)19(26)24(16)17(20(27)28)18(11)29-14-8-13(22-9-14)4-3-6-23-7-5-21-10-23;/h5,7,10-16,22,25H,3-4,6,8-9H2,1-2H3,(H,27,28);1H/t11-,12-,13-,14+,15-,16-;/m1./s1. The molecule has 3 N–H and O–H groups in total. The van der Waals surface area contributed by atoms with Crippen LogP contribution >= 0.6 is 24.2 Å². The molecular weight excluding hydrogens is 428 g/mol. The molecule has 0 aromatic carbocycles. The highest BCUT2D eigenvalue weighted by atomic mass is 35.5. The van der Waals surface area contributed by atoms with Crippen LogP contribution in [-0.2, 0) is 16.1 Å². The number of nitrogens with one attached hydrogen (secondary N) is 1. The molecule has 3 aliphatic rings. The highest BCUT2D eigenvalue weighted by molar-refractivity contribution is 8.03. The number of aliphatic hydroxyl groups excluding tert-OH is 1. The maximum atomic E-state index is 12.4. The number of amides is 1. The predicted molar refractivity (Wildman–Crippen MR) is 116 cm³/mol. The van der Waals surface area contributed by atoms with Gasteiger partial charge in [-0.15, -0.1) is 24.2 Å². The number of aliphatic hydroxyl groups is 1. The van der Waals surface area contributed by atoms with E-state index < -0.39 is 18.0 Å². The largest absolute Gasteiger partial charge is 0.477 e. The molecule has 1 amide bonds. The zero-order valence-electron chi connectivity index (χ0n) is 17.1. The summed E-state index contributed by atoms with van der Waals surface area (Å²) in [4.78, 5) is 30.6. The minimum atomic E-state index is -1.05. The molecule has 0 spiro atoms. The number of carboxylic acids is 1. The number of fused-ring (bicyclic) bond motifs is 1. The topological polar surface area (TPSA) is 108 Å². The van der Waals surface area contributed by atoms with E-state index >= 15 is 0 Å². The Hall–Kier alpha value is -1.55. The fourth-order valence-corrected chi connectivity index (χ4v) is 6.41. The van der Waals surface area contributed by atoms with Crippen LogP contribution in [0.15, 0.2) is 29.3 Å². The number of carbonyl (C=O) groups is 2. The van der Waals surface area contributed by atoms with Gasteiger partial charge in [-0.3, -0.25) is 4.79 Å². The second-order valence-corrected chi connectivity index (χ2v) is 9.64. The summed E-state index contributed by atoms with van der Waals surface area (Å²) in [6, 6.07) is 0.182. The lowest BCUT2D eigenvalue weighted by Gasteiger charge is -2.46. The third-order valence-electron chi connectivity index (χ3n) is 6.31. The fraction of sp³-hybridized carbons (Fsp3) is 0.650. The average molecular weight is 457 g/mol. The van der Waals surface area contributed by atoms with Gasteiger partial charge in [0, 0.05) is 47.6 Å². The van der Waals surface area contributed by atoms with Crippen molar-refractivity contribution in [2.24, 2.45) is 11.8 Å². The first-order chi connectivity index (χ1) is 13.9. The van der Waals surface area contributed by atoms with Gasteiger partial charge < -0.3 is 25.0 Å². The van der Waals surface area contributed by atoms with Gasteiger partial charge >= 0.3 is 5.97 Å². The number of hydrogen-bond donors (Lipinski definition) is 3. The van der Waals surface area contributed by atoms with E-state index in [9.17, 15) is 19.8 Å². The minimum Gasteiger partial charge on any atom is -0.477 e. The van der Waals surface area contributed by atoms with Crippen molar-refractivity contribution in [3.8, 4) is 0 Å². The van der Waals surface area contributed by atoms with E-state index in [4.69, 9.17) is 0 Å². The molecule has 0 unspecified atom stereocenters. The Morgan fingerprint density at radius 1 is 1.47 bits per heavy atom. The zero-order chi connectivity index (χ0) is 20.7. The van der Waals surface area contributed by atoms with Gasteiger partial charge in [-0.25, -0.2) is 9.78 Å². The smallest absolute Gasteiger partial charge is 0.353 e. The summed E-state index contributed by atoms with van der Waals surface area (Å²) in [7, 11) is 0. The molecule has 8 nitrogen and oxygen atoms in total. The Kier molecular flexibility index (Phi) is 7.16. The molecule has 0 saturated carbocycles. The molecule has 6 atom stereocenters. The Labute approximate surface area is 186 Å². The SMILES string of the molecule is C[C@@H](O)[C@H]1C(=O)N2C(C(=O)O)=C(S[C@@H]3CN[C@H](CCCn4ccnc4)C3)[C@H](C)[C@H]12.Cl. The molecule has 166 valence electrons. The van der Waals surface area contributed by atoms with Crippen LogP contribution in [0.4, 0.5) is 0 Å². The number of carboxylic acid groups (broad SMARTS) is 1. The van der Waals surface area contributed by atoms with Crippen LogP contribution in [0.3, 0.4) is 0 Å². The number of nitrogens with zero attached hydrogens (tertiary/aromatic N) is 3. The molecule has 4 rings (SSSR count). The predicted octanol–water partition coefficient (Wildman–Crippen LogP) is 1.70. The molecule has 0 bridgehead atoms. The highest BCUT2D eigenvalue weighted by Crippen LogP contribution is 2.51. The number of aliphatic carboxylic acids is 1. The summed E-state index contributed by atoms with van der Waals surface area (Å²) in [6.07, 6.45) is 7.92. The quantitative estimate of drug-likeness (QED) is 0.511. The molecule has 30 heavy (non-hydrogen) atoms. The second kappa shape index (κ2) is 9.30. The average Bonchev–Trinajstić information content (AvgIpc) is 3.37. The Morgan fingerprint density at radius 2 is 2.23 bits per heavy atom. The van der Waals surface area contributed by atoms with E-state index in [1.165, 1.54) is 4.90 Å². The molecule has 3 aliphatic heterocycles. The van der Waals surface area contributed by atoms with E-state index in [1.54, 1.807) is 24.9 Å². The van der Waals surface area contributed by atoms with Crippen molar-refractivity contribution in [1.82, 2.24) is 19.8 Å². The van der Waals surface area contributed by atoms with Crippen molar-refractivity contribution in [2.75, 3.05) is 6.54 Å². The Balaban J connectivity index is 0.00000256. The van der Waals surface area contributed by atoms with Gasteiger partial charge in [0.2, 0.25) is 5.91 Å². The number of hydrogen-bond acceptors (Lipinski definition) is 6. The zero-order valence-corrected chi connectivity index (χ0v) is 18.7. The number of carbonyl (C=O) groups excluding carboxylic acids is 1. The van der Waals surface area contributed by atoms with Crippen molar-refractivity contribution < 1.29 is 19.8 Å². The molecule has 0 aliphatic carbocycles. The van der Waals surface area contributed by atoms with Gasteiger partial charge in [0.15, 0.2) is 0 Å². The summed E-state index contributed by atoms with van der Waals surface area (Å²) in [6.45, 7) is 5.36. The molecule has 4 heterocycles. The fourth-order valence-electron chi connectivity index (χ4n) is 4.89. The summed E-state index contributed by atoms with van der Waals surface area (Å²) in [5, 5.41) is 23.5. The number of β-lactam (4-membered cyclic amide) rings is 1. The number of imidazole rings is 1. The number of aromatic nitrogens is 2. The van der Waals surface area contributed by atoms with Crippen LogP contribution in [-0.4, -0.2) is 66.5 Å². The van der Waals surface area contributed by atoms with Crippen LogP contribution in [0.5, 0.6) is 0 Å². The van der Waals surface area contributed by atoms with Crippen molar-refractivity contribution in [2.45, 2.75) is 63.1 Å². The van der Waals surface area contributed by atoms with Gasteiger partial charge in [-0.1, -0.05) is 6.92 Å². The van der Waals surface area contributed by atoms with Crippen LogP contribution < -0.4 is 5.32 Å². The Morgan fingerprint density at radius 3 is 2.87 bits per heavy atom. The molecule has 10 heteroatoms. The van der Waals surface area contributed by atoms with Gasteiger partial charge in [0.1, 0.15) is 5.70 Å². The third kappa shape index (κ3) is 4.12. The maximum Gasteiger partial charge on any atom is 0.353 e. The van der Waals surface area contributed by atoms with E-state index in [2.05, 4.69) is 14.9 Å². The van der Waals surface area contributed by atoms with Gasteiger partial charge in [-0.2, -0.15) is 0 Å². The van der Waals surface area contributed by atoms with E-state index in [-0.39, 0.29) is 36.0 Å². The minimum absolute atomic E-state index is 0. The molecule has 2 fully saturated rings. The van der Waals surface area contributed by atoms with Gasteiger partial charge in [0.25, 0.3) is 0 Å². The second-order valence-electron chi connectivity index (χ2n) is 8.30. The van der Waals surface area contributed by atoms with Crippen LogP contribution in [0.25, 0.3) is 0 Å². The lowest BCUT2D eigenvalue weighted by atomic mass is 9.79. The van der Waals surface area contributed by atoms with Gasteiger partial charge in [-0.05, 0) is 26.2 Å². The number of rotatable bonds is 8. The van der Waals surface area contributed by atoms with Crippen molar-refractivity contribution in [1.29, 1.82) is 0 Å². The summed E-state index contributed by atoms with van der Waals surface area (Å²) >= 11 is 1.60. The number of halogens is 1. The lowest BCUT2D eigenvalue weighted by Crippen LogP contribution is -2.63. The normalized spacial score (nSPS) is 31.4. The Bertz CT molecular complexity index is 816. The van der Waals surface area contributed by atoms with Crippen molar-refractivity contribution >= 4 is 36.0 Å². The summed E-state index contributed by atoms with van der Waals surface area (Å²) < 4.78 is 2.07. The molecule has 0 radical (unpaired) electrons. The van der Waals surface area contributed by atoms with Crippen LogP contribution in [0.1, 0.15) is 33.1 Å².